The summed E-state index contributed by atoms with van der Waals surface area (Å²) in [6, 6.07) is 0.182. The molecule has 0 amide bonds. The van der Waals surface area contributed by atoms with E-state index in [9.17, 15) is 4.79 Å². The van der Waals surface area contributed by atoms with Crippen LogP contribution in [-0.4, -0.2) is 18.6 Å². The number of allylic oxidation sites excluding steroid dienone is 3. The Bertz CT molecular complexity index is 345. The molecule has 2 atom stereocenters. The zero-order chi connectivity index (χ0) is 12.7. The van der Waals surface area contributed by atoms with Crippen LogP contribution < -0.4 is 11.1 Å². The van der Waals surface area contributed by atoms with Crippen molar-refractivity contribution in [1.82, 2.24) is 5.32 Å². The van der Waals surface area contributed by atoms with E-state index in [-0.39, 0.29) is 6.04 Å². The summed E-state index contributed by atoms with van der Waals surface area (Å²) in [6.45, 7) is 4.16. The molecule has 0 aromatic carbocycles. The van der Waals surface area contributed by atoms with Crippen molar-refractivity contribution in [2.24, 2.45) is 11.7 Å². The van der Waals surface area contributed by atoms with Gasteiger partial charge < -0.3 is 15.8 Å². The molecule has 4 nitrogen and oxygen atoms in total. The Morgan fingerprint density at radius 2 is 2.41 bits per heavy atom. The highest BCUT2D eigenvalue weighted by molar-refractivity contribution is 5.82. The monoisotopic (exact) mass is 236 g/mol. The predicted molar refractivity (Wildman–Crippen MR) is 67.9 cm³/mol. The number of rotatable bonds is 5. The van der Waals surface area contributed by atoms with Crippen molar-refractivity contribution in [2.75, 3.05) is 6.61 Å². The molecule has 4 heteroatoms. The Balaban J connectivity index is 2.44. The molecule has 0 aromatic heterocycles. The van der Waals surface area contributed by atoms with Crippen LogP contribution >= 0.6 is 0 Å². The molecule has 94 valence electrons. The Hall–Kier alpha value is -1.71. The summed E-state index contributed by atoms with van der Waals surface area (Å²) in [5.74, 6) is 0.330. The highest BCUT2D eigenvalue weighted by Gasteiger charge is 2.14. The molecule has 0 saturated carbocycles. The summed E-state index contributed by atoms with van der Waals surface area (Å²) in [5.41, 5.74) is 5.72. The Morgan fingerprint density at radius 3 is 3.00 bits per heavy atom. The fourth-order valence-electron chi connectivity index (χ4n) is 1.69. The van der Waals surface area contributed by atoms with Crippen LogP contribution in [0.2, 0.25) is 0 Å². The first-order valence-corrected chi connectivity index (χ1v) is 5.87. The van der Waals surface area contributed by atoms with E-state index in [0.717, 1.165) is 6.42 Å². The van der Waals surface area contributed by atoms with Gasteiger partial charge in [0.25, 0.3) is 0 Å². The Morgan fingerprint density at radius 1 is 1.65 bits per heavy atom. The van der Waals surface area contributed by atoms with E-state index in [1.54, 1.807) is 6.92 Å². The number of carbonyl (C=O) groups is 1. The zero-order valence-electron chi connectivity index (χ0n) is 10.3. The summed E-state index contributed by atoms with van der Waals surface area (Å²) >= 11 is 0. The molecule has 0 aliphatic heterocycles. The Labute approximate surface area is 102 Å². The maximum atomic E-state index is 11.2. The van der Waals surface area contributed by atoms with Gasteiger partial charge in [-0.15, -0.1) is 0 Å². The van der Waals surface area contributed by atoms with Gasteiger partial charge in [0, 0.05) is 12.0 Å². The van der Waals surface area contributed by atoms with Crippen molar-refractivity contribution in [1.29, 1.82) is 0 Å². The van der Waals surface area contributed by atoms with Gasteiger partial charge in [0.15, 0.2) is 0 Å². The van der Waals surface area contributed by atoms with E-state index < -0.39 is 5.97 Å². The first-order chi connectivity index (χ1) is 8.13. The van der Waals surface area contributed by atoms with Crippen molar-refractivity contribution in [2.45, 2.75) is 26.3 Å². The summed E-state index contributed by atoms with van der Waals surface area (Å²) in [6.07, 6.45) is 10.6. The number of hydrogen-bond donors (Lipinski definition) is 2. The average molecular weight is 236 g/mol. The van der Waals surface area contributed by atoms with Gasteiger partial charge in [-0.25, -0.2) is 4.79 Å². The molecule has 1 aliphatic carbocycles. The first kappa shape index (κ1) is 13.4. The van der Waals surface area contributed by atoms with Crippen LogP contribution in [0.1, 0.15) is 20.3 Å². The second kappa shape index (κ2) is 6.78. The number of nitrogens with one attached hydrogen (secondary N) is 1. The van der Waals surface area contributed by atoms with E-state index in [0.29, 0.717) is 18.3 Å². The fourth-order valence-corrected chi connectivity index (χ4v) is 1.69. The quantitative estimate of drug-likeness (QED) is 0.560. The second-order valence-corrected chi connectivity index (χ2v) is 4.00. The van der Waals surface area contributed by atoms with Crippen LogP contribution in [0.3, 0.4) is 0 Å². The third-order valence-corrected chi connectivity index (χ3v) is 2.61. The number of ether oxygens (including phenoxy) is 1. The molecule has 3 N–H and O–H groups in total. The van der Waals surface area contributed by atoms with Gasteiger partial charge in [-0.05, 0) is 20.3 Å². The highest BCUT2D eigenvalue weighted by atomic mass is 16.5. The molecule has 0 saturated heterocycles. The van der Waals surface area contributed by atoms with Crippen LogP contribution in [-0.2, 0) is 9.53 Å². The molecule has 1 unspecified atom stereocenters. The predicted octanol–water partition coefficient (Wildman–Crippen LogP) is 1.46. The SMILES string of the molecule is CCOC(=O)/C=C(\N)N[C@@H](C)C1C=CC=CC1. The molecule has 0 fully saturated rings. The van der Waals surface area contributed by atoms with Gasteiger partial charge in [-0.3, -0.25) is 0 Å². The lowest BCUT2D eigenvalue weighted by molar-refractivity contribution is -0.137. The molecule has 0 aromatic rings. The van der Waals surface area contributed by atoms with E-state index in [2.05, 4.69) is 17.5 Å². The van der Waals surface area contributed by atoms with Crippen molar-refractivity contribution in [3.05, 3.63) is 36.2 Å². The largest absolute Gasteiger partial charge is 0.463 e. The summed E-state index contributed by atoms with van der Waals surface area (Å²) in [4.78, 5) is 11.2. The molecule has 0 radical (unpaired) electrons. The van der Waals surface area contributed by atoms with Gasteiger partial charge in [0.05, 0.1) is 12.7 Å². The van der Waals surface area contributed by atoms with E-state index in [1.807, 2.05) is 19.1 Å². The lowest BCUT2D eigenvalue weighted by Gasteiger charge is -2.23. The smallest absolute Gasteiger partial charge is 0.334 e. The van der Waals surface area contributed by atoms with E-state index in [1.165, 1.54) is 6.08 Å². The van der Waals surface area contributed by atoms with Crippen molar-refractivity contribution < 1.29 is 9.53 Å². The normalized spacial score (nSPS) is 21.1. The van der Waals surface area contributed by atoms with Crippen molar-refractivity contribution in [3.63, 3.8) is 0 Å². The molecule has 1 aliphatic rings. The highest BCUT2D eigenvalue weighted by Crippen LogP contribution is 2.15. The average Bonchev–Trinajstić information content (AvgIpc) is 2.30. The standard InChI is InChI=1S/C13H20N2O2/c1-3-17-13(16)9-12(14)15-10(2)11-7-5-4-6-8-11/h4-7,9-11,15H,3,8,14H2,1-2H3/b12-9+/t10-,11?/m0/s1. The van der Waals surface area contributed by atoms with Crippen molar-refractivity contribution >= 4 is 5.97 Å². The van der Waals surface area contributed by atoms with Crippen LogP contribution in [0.25, 0.3) is 0 Å². The van der Waals surface area contributed by atoms with Crippen LogP contribution in [0.4, 0.5) is 0 Å². The topological polar surface area (TPSA) is 64.3 Å². The molecular weight excluding hydrogens is 216 g/mol. The van der Waals surface area contributed by atoms with Gasteiger partial charge in [-0.1, -0.05) is 24.3 Å². The lowest BCUT2D eigenvalue weighted by atomic mass is 9.94. The number of carbonyl (C=O) groups excluding carboxylic acids is 1. The van der Waals surface area contributed by atoms with Crippen LogP contribution in [0.5, 0.6) is 0 Å². The van der Waals surface area contributed by atoms with E-state index in [4.69, 9.17) is 10.5 Å². The maximum Gasteiger partial charge on any atom is 0.334 e. The molecule has 17 heavy (non-hydrogen) atoms. The van der Waals surface area contributed by atoms with Crippen molar-refractivity contribution in [3.8, 4) is 0 Å². The first-order valence-electron chi connectivity index (χ1n) is 5.87. The van der Waals surface area contributed by atoms with Gasteiger partial charge in [0.2, 0.25) is 0 Å². The molecule has 0 bridgehead atoms. The number of esters is 1. The minimum absolute atomic E-state index is 0.182. The van der Waals surface area contributed by atoms with Gasteiger partial charge in [-0.2, -0.15) is 0 Å². The number of nitrogens with two attached hydrogens (primary N) is 1. The summed E-state index contributed by atoms with van der Waals surface area (Å²) in [5, 5.41) is 3.09. The third kappa shape index (κ3) is 4.76. The van der Waals surface area contributed by atoms with Gasteiger partial charge >= 0.3 is 5.97 Å². The van der Waals surface area contributed by atoms with Crippen LogP contribution in [0, 0.1) is 5.92 Å². The van der Waals surface area contributed by atoms with Gasteiger partial charge in [0.1, 0.15) is 5.82 Å². The minimum Gasteiger partial charge on any atom is -0.463 e. The molecule has 1 rings (SSSR count). The zero-order valence-corrected chi connectivity index (χ0v) is 10.3. The third-order valence-electron chi connectivity index (χ3n) is 2.61. The summed E-state index contributed by atoms with van der Waals surface area (Å²) < 4.78 is 4.78. The molecule has 0 spiro atoms. The molecule has 0 heterocycles. The molecular formula is C13H20N2O2. The van der Waals surface area contributed by atoms with Crippen LogP contribution in [0.15, 0.2) is 36.2 Å². The Kier molecular flexibility index (Phi) is 5.33. The minimum atomic E-state index is -0.413. The number of hydrogen-bond acceptors (Lipinski definition) is 4. The summed E-state index contributed by atoms with van der Waals surface area (Å²) in [7, 11) is 0. The van der Waals surface area contributed by atoms with E-state index >= 15 is 0 Å². The lowest BCUT2D eigenvalue weighted by Crippen LogP contribution is -2.35. The maximum absolute atomic E-state index is 11.2. The fraction of sp³-hybridized carbons (Fsp3) is 0.462. The second-order valence-electron chi connectivity index (χ2n) is 4.00.